The third kappa shape index (κ3) is 3.62. The molecule has 1 aliphatic rings. The molecular weight excluding hydrogens is 234 g/mol. The molecule has 0 spiro atoms. The Hall–Kier alpha value is -0.730. The van der Waals surface area contributed by atoms with Crippen LogP contribution in [0.5, 0.6) is 5.75 Å². The van der Waals surface area contributed by atoms with Gasteiger partial charge in [-0.3, -0.25) is 0 Å². The van der Waals surface area contributed by atoms with Crippen molar-refractivity contribution in [3.8, 4) is 5.75 Å². The lowest BCUT2D eigenvalue weighted by atomic mass is 9.98. The molecule has 1 aromatic carbocycles. The van der Waals surface area contributed by atoms with E-state index in [2.05, 4.69) is 18.3 Å². The highest BCUT2D eigenvalue weighted by Gasteiger charge is 2.20. The summed E-state index contributed by atoms with van der Waals surface area (Å²) in [4.78, 5) is 0. The van der Waals surface area contributed by atoms with Crippen molar-refractivity contribution in [1.82, 2.24) is 5.32 Å². The van der Waals surface area contributed by atoms with E-state index < -0.39 is 0 Å². The Morgan fingerprint density at radius 3 is 2.82 bits per heavy atom. The molecule has 0 heterocycles. The van der Waals surface area contributed by atoms with E-state index >= 15 is 0 Å². The lowest BCUT2D eigenvalue weighted by Gasteiger charge is -2.13. The van der Waals surface area contributed by atoms with E-state index in [0.29, 0.717) is 10.9 Å². The predicted molar refractivity (Wildman–Crippen MR) is 72.1 cm³/mol. The highest BCUT2D eigenvalue weighted by atomic mass is 35.5. The summed E-state index contributed by atoms with van der Waals surface area (Å²) in [7, 11) is 1.64. The van der Waals surface area contributed by atoms with Crippen molar-refractivity contribution in [3.63, 3.8) is 0 Å². The Labute approximate surface area is 108 Å². The molecule has 1 aromatic rings. The second kappa shape index (κ2) is 5.74. The molecule has 17 heavy (non-hydrogen) atoms. The average Bonchev–Trinajstić information content (AvgIpc) is 3.13. The predicted octanol–water partition coefficient (Wildman–Crippen LogP) is 3.59. The lowest BCUT2D eigenvalue weighted by molar-refractivity contribution is 0.414. The monoisotopic (exact) mass is 253 g/mol. The van der Waals surface area contributed by atoms with Crippen LogP contribution in [0.3, 0.4) is 0 Å². The van der Waals surface area contributed by atoms with Crippen LogP contribution in [0, 0.1) is 0 Å². The Balaban J connectivity index is 1.88. The number of hydrogen-bond donors (Lipinski definition) is 1. The first-order chi connectivity index (χ1) is 8.20. The van der Waals surface area contributed by atoms with Crippen LogP contribution in [-0.4, -0.2) is 19.7 Å². The van der Waals surface area contributed by atoms with E-state index in [-0.39, 0.29) is 0 Å². The van der Waals surface area contributed by atoms with Gasteiger partial charge in [0, 0.05) is 6.04 Å². The molecule has 1 saturated carbocycles. The van der Waals surface area contributed by atoms with E-state index in [1.54, 1.807) is 7.11 Å². The Morgan fingerprint density at radius 1 is 1.47 bits per heavy atom. The van der Waals surface area contributed by atoms with Crippen LogP contribution in [0.4, 0.5) is 0 Å². The molecule has 2 rings (SSSR count). The molecule has 1 atom stereocenters. The summed E-state index contributed by atoms with van der Waals surface area (Å²) in [5, 5.41) is 4.24. The first-order valence-electron chi connectivity index (χ1n) is 6.27. The van der Waals surface area contributed by atoms with Crippen molar-refractivity contribution >= 4 is 11.6 Å². The van der Waals surface area contributed by atoms with Crippen molar-refractivity contribution in [2.24, 2.45) is 0 Å². The third-order valence-electron chi connectivity index (χ3n) is 3.33. The minimum Gasteiger partial charge on any atom is -0.495 e. The number of rotatable bonds is 6. The molecule has 3 heteroatoms. The van der Waals surface area contributed by atoms with E-state index in [9.17, 15) is 0 Å². The molecule has 0 radical (unpaired) electrons. The molecule has 1 fully saturated rings. The van der Waals surface area contributed by atoms with Gasteiger partial charge in [0.25, 0.3) is 0 Å². The summed E-state index contributed by atoms with van der Waals surface area (Å²) < 4.78 is 5.16. The Morgan fingerprint density at radius 2 is 2.24 bits per heavy atom. The smallest absolute Gasteiger partial charge is 0.137 e. The molecule has 1 N–H and O–H groups in total. The number of ether oxygens (including phenoxy) is 1. The number of hydrogen-bond acceptors (Lipinski definition) is 2. The highest BCUT2D eigenvalue weighted by molar-refractivity contribution is 6.32. The van der Waals surface area contributed by atoms with Crippen LogP contribution in [0.2, 0.25) is 5.02 Å². The highest BCUT2D eigenvalue weighted by Crippen LogP contribution is 2.29. The second-order valence-electron chi connectivity index (χ2n) is 4.81. The maximum atomic E-state index is 6.13. The molecule has 0 aromatic heterocycles. The van der Waals surface area contributed by atoms with Crippen molar-refractivity contribution in [1.29, 1.82) is 0 Å². The van der Waals surface area contributed by atoms with Crippen molar-refractivity contribution in [3.05, 3.63) is 28.8 Å². The standard InChI is InChI=1S/C14H20ClNO/c1-10(7-8-16-12-4-5-12)11-3-6-14(17-2)13(15)9-11/h3,6,9-10,12,16H,4-5,7-8H2,1-2H3. The maximum Gasteiger partial charge on any atom is 0.137 e. The van der Waals surface area contributed by atoms with Gasteiger partial charge in [-0.1, -0.05) is 24.6 Å². The normalized spacial score (nSPS) is 16.9. The zero-order valence-corrected chi connectivity index (χ0v) is 11.3. The van der Waals surface area contributed by atoms with Crippen molar-refractivity contribution < 1.29 is 4.74 Å². The topological polar surface area (TPSA) is 21.3 Å². The number of benzene rings is 1. The molecule has 0 bridgehead atoms. The van der Waals surface area contributed by atoms with Gasteiger partial charge in [-0.25, -0.2) is 0 Å². The molecular formula is C14H20ClNO. The second-order valence-corrected chi connectivity index (χ2v) is 5.22. The summed E-state index contributed by atoms with van der Waals surface area (Å²) in [6.07, 6.45) is 3.85. The largest absolute Gasteiger partial charge is 0.495 e. The fourth-order valence-electron chi connectivity index (χ4n) is 1.95. The minimum absolute atomic E-state index is 0.532. The van der Waals surface area contributed by atoms with Crippen LogP contribution in [0.25, 0.3) is 0 Å². The zero-order chi connectivity index (χ0) is 12.3. The first kappa shape index (κ1) is 12.7. The number of nitrogens with one attached hydrogen (secondary N) is 1. The molecule has 94 valence electrons. The summed E-state index contributed by atoms with van der Waals surface area (Å²) >= 11 is 6.13. The van der Waals surface area contributed by atoms with Gasteiger partial charge in [-0.15, -0.1) is 0 Å². The van der Waals surface area contributed by atoms with Gasteiger partial charge >= 0.3 is 0 Å². The summed E-state index contributed by atoms with van der Waals surface area (Å²) in [6, 6.07) is 6.86. The molecule has 0 amide bonds. The lowest BCUT2D eigenvalue weighted by Crippen LogP contribution is -2.18. The average molecular weight is 254 g/mol. The summed E-state index contributed by atoms with van der Waals surface area (Å²) in [6.45, 7) is 3.34. The van der Waals surface area contributed by atoms with E-state index in [4.69, 9.17) is 16.3 Å². The van der Waals surface area contributed by atoms with Gasteiger partial charge in [-0.2, -0.15) is 0 Å². The fourth-order valence-corrected chi connectivity index (χ4v) is 2.21. The van der Waals surface area contributed by atoms with Gasteiger partial charge in [0.15, 0.2) is 0 Å². The quantitative estimate of drug-likeness (QED) is 0.837. The van der Waals surface area contributed by atoms with Gasteiger partial charge in [0.2, 0.25) is 0 Å². The van der Waals surface area contributed by atoms with Crippen LogP contribution in [0.1, 0.15) is 37.7 Å². The van der Waals surface area contributed by atoms with Gasteiger partial charge < -0.3 is 10.1 Å². The van der Waals surface area contributed by atoms with Crippen molar-refractivity contribution in [2.45, 2.75) is 38.1 Å². The van der Waals surface area contributed by atoms with Crippen LogP contribution in [-0.2, 0) is 0 Å². The van der Waals surface area contributed by atoms with Crippen LogP contribution < -0.4 is 10.1 Å². The molecule has 2 nitrogen and oxygen atoms in total. The Kier molecular flexibility index (Phi) is 4.30. The summed E-state index contributed by atoms with van der Waals surface area (Å²) in [5.41, 5.74) is 1.29. The molecule has 0 aliphatic heterocycles. The fraction of sp³-hybridized carbons (Fsp3) is 0.571. The van der Waals surface area contributed by atoms with Crippen LogP contribution >= 0.6 is 11.6 Å². The van der Waals surface area contributed by atoms with Crippen LogP contribution in [0.15, 0.2) is 18.2 Å². The van der Waals surface area contributed by atoms with Crippen molar-refractivity contribution in [2.75, 3.05) is 13.7 Å². The third-order valence-corrected chi connectivity index (χ3v) is 3.63. The van der Waals surface area contributed by atoms with E-state index in [0.717, 1.165) is 24.8 Å². The Bertz CT molecular complexity index is 376. The van der Waals surface area contributed by atoms with Gasteiger partial charge in [-0.05, 0) is 49.4 Å². The first-order valence-corrected chi connectivity index (χ1v) is 6.65. The molecule has 1 unspecified atom stereocenters. The van der Waals surface area contributed by atoms with Gasteiger partial charge in [0.05, 0.1) is 12.1 Å². The SMILES string of the molecule is COc1ccc(C(C)CCNC2CC2)cc1Cl. The molecule has 0 saturated heterocycles. The van der Waals surface area contributed by atoms with E-state index in [1.807, 2.05) is 12.1 Å². The maximum absolute atomic E-state index is 6.13. The number of methoxy groups -OCH3 is 1. The summed E-state index contributed by atoms with van der Waals surface area (Å²) in [5.74, 6) is 1.28. The van der Waals surface area contributed by atoms with Gasteiger partial charge in [0.1, 0.15) is 5.75 Å². The van der Waals surface area contributed by atoms with E-state index in [1.165, 1.54) is 18.4 Å². The molecule has 1 aliphatic carbocycles. The zero-order valence-electron chi connectivity index (χ0n) is 10.5. The number of halogens is 1. The minimum atomic E-state index is 0.532.